The van der Waals surface area contributed by atoms with Crippen LogP contribution in [0.3, 0.4) is 0 Å². The van der Waals surface area contributed by atoms with Gasteiger partial charge in [-0.2, -0.15) is 0 Å². The van der Waals surface area contributed by atoms with Crippen molar-refractivity contribution < 1.29 is 19.0 Å². The zero-order valence-corrected chi connectivity index (χ0v) is 18.4. The molecular weight excluding hydrogens is 340 g/mol. The third-order valence-corrected chi connectivity index (χ3v) is 5.10. The second kappa shape index (κ2) is 21.7. The van der Waals surface area contributed by atoms with Gasteiger partial charge in [0, 0.05) is 20.6 Å². The van der Waals surface area contributed by atoms with Crippen molar-refractivity contribution in [2.75, 3.05) is 27.4 Å². The highest BCUT2D eigenvalue weighted by Gasteiger charge is 2.10. The van der Waals surface area contributed by atoms with Crippen LogP contribution in [0.1, 0.15) is 110 Å². The summed E-state index contributed by atoms with van der Waals surface area (Å²) in [6.07, 6.45) is 20.3. The first-order valence-electron chi connectivity index (χ1n) is 11.4. The standard InChI is InChI=1S/C23H46O4/c1-4-5-6-7-8-9-10-11-12-13-14-15-16-17-18-19-23(24)27-21-22(26-3)20-25-2/h22H,4-21H2,1-3H3. The second-order valence-corrected chi connectivity index (χ2v) is 7.70. The van der Waals surface area contributed by atoms with Gasteiger partial charge in [-0.05, 0) is 6.42 Å². The maximum absolute atomic E-state index is 11.7. The van der Waals surface area contributed by atoms with Gasteiger partial charge in [0.2, 0.25) is 0 Å². The van der Waals surface area contributed by atoms with Crippen LogP contribution in [0.5, 0.6) is 0 Å². The monoisotopic (exact) mass is 386 g/mol. The molecule has 27 heavy (non-hydrogen) atoms. The predicted octanol–water partition coefficient (Wildman–Crippen LogP) is 6.45. The lowest BCUT2D eigenvalue weighted by molar-refractivity contribution is -0.148. The first kappa shape index (κ1) is 26.4. The maximum atomic E-state index is 11.7. The molecule has 0 aliphatic carbocycles. The molecule has 0 radical (unpaired) electrons. The SMILES string of the molecule is CCCCCCCCCCCCCCCCCC(=O)OCC(COC)OC. The van der Waals surface area contributed by atoms with E-state index in [1.54, 1.807) is 14.2 Å². The smallest absolute Gasteiger partial charge is 0.305 e. The molecule has 4 heteroatoms. The van der Waals surface area contributed by atoms with E-state index in [4.69, 9.17) is 14.2 Å². The minimum Gasteiger partial charge on any atom is -0.463 e. The van der Waals surface area contributed by atoms with Crippen molar-refractivity contribution in [3.05, 3.63) is 0 Å². The van der Waals surface area contributed by atoms with Gasteiger partial charge in [0.1, 0.15) is 12.7 Å². The number of methoxy groups -OCH3 is 2. The van der Waals surface area contributed by atoms with Crippen molar-refractivity contribution in [3.8, 4) is 0 Å². The van der Waals surface area contributed by atoms with E-state index < -0.39 is 0 Å². The Morgan fingerprint density at radius 1 is 0.667 bits per heavy atom. The predicted molar refractivity (Wildman–Crippen MR) is 113 cm³/mol. The number of rotatable bonds is 21. The molecule has 1 atom stereocenters. The van der Waals surface area contributed by atoms with E-state index in [2.05, 4.69) is 6.92 Å². The van der Waals surface area contributed by atoms with Crippen molar-refractivity contribution in [3.63, 3.8) is 0 Å². The molecule has 0 aliphatic rings. The minimum absolute atomic E-state index is 0.122. The van der Waals surface area contributed by atoms with Gasteiger partial charge in [-0.1, -0.05) is 96.8 Å². The highest BCUT2D eigenvalue weighted by molar-refractivity contribution is 5.69. The molecule has 0 heterocycles. The molecule has 4 nitrogen and oxygen atoms in total. The van der Waals surface area contributed by atoms with Gasteiger partial charge in [-0.15, -0.1) is 0 Å². The summed E-state index contributed by atoms with van der Waals surface area (Å²) in [5.41, 5.74) is 0. The summed E-state index contributed by atoms with van der Waals surface area (Å²) >= 11 is 0. The van der Waals surface area contributed by atoms with Crippen molar-refractivity contribution in [2.45, 2.75) is 116 Å². The number of ether oxygens (including phenoxy) is 3. The average molecular weight is 387 g/mol. The Labute approximate surface area is 168 Å². The third kappa shape index (κ3) is 19.9. The van der Waals surface area contributed by atoms with Crippen LogP contribution in [0.15, 0.2) is 0 Å². The molecule has 162 valence electrons. The number of unbranched alkanes of at least 4 members (excludes halogenated alkanes) is 14. The fraction of sp³-hybridized carbons (Fsp3) is 0.957. The molecular formula is C23H46O4. The quantitative estimate of drug-likeness (QED) is 0.168. The number of carbonyl (C=O) groups excluding carboxylic acids is 1. The van der Waals surface area contributed by atoms with Crippen molar-refractivity contribution >= 4 is 5.97 Å². The van der Waals surface area contributed by atoms with Crippen LogP contribution in [0.2, 0.25) is 0 Å². The lowest BCUT2D eigenvalue weighted by atomic mass is 10.0. The molecule has 0 amide bonds. The van der Waals surface area contributed by atoms with Crippen molar-refractivity contribution in [1.29, 1.82) is 0 Å². The zero-order valence-electron chi connectivity index (χ0n) is 18.4. The average Bonchev–Trinajstić information content (AvgIpc) is 2.68. The van der Waals surface area contributed by atoms with Crippen LogP contribution in [0.25, 0.3) is 0 Å². The largest absolute Gasteiger partial charge is 0.463 e. The summed E-state index contributed by atoms with van der Waals surface area (Å²) in [6.45, 7) is 3.00. The number of carbonyl (C=O) groups is 1. The fourth-order valence-corrected chi connectivity index (χ4v) is 3.27. The molecule has 1 unspecified atom stereocenters. The first-order chi connectivity index (χ1) is 13.2. The Kier molecular flexibility index (Phi) is 21.2. The van der Waals surface area contributed by atoms with E-state index in [0.717, 1.165) is 12.8 Å². The molecule has 0 aliphatic heterocycles. The van der Waals surface area contributed by atoms with Gasteiger partial charge in [0.15, 0.2) is 0 Å². The summed E-state index contributed by atoms with van der Waals surface area (Å²) in [4.78, 5) is 11.7. The molecule has 0 rings (SSSR count). The van der Waals surface area contributed by atoms with Crippen LogP contribution < -0.4 is 0 Å². The van der Waals surface area contributed by atoms with Crippen LogP contribution in [0.4, 0.5) is 0 Å². The Morgan fingerprint density at radius 3 is 1.52 bits per heavy atom. The number of hydrogen-bond acceptors (Lipinski definition) is 4. The normalized spacial score (nSPS) is 12.3. The van der Waals surface area contributed by atoms with Crippen LogP contribution in [-0.4, -0.2) is 39.5 Å². The number of esters is 1. The molecule has 0 bridgehead atoms. The van der Waals surface area contributed by atoms with Gasteiger partial charge in [-0.25, -0.2) is 0 Å². The lowest BCUT2D eigenvalue weighted by Crippen LogP contribution is -2.25. The van der Waals surface area contributed by atoms with Gasteiger partial charge in [-0.3, -0.25) is 4.79 Å². The summed E-state index contributed by atoms with van der Waals surface area (Å²) in [6, 6.07) is 0. The highest BCUT2D eigenvalue weighted by atomic mass is 16.6. The number of hydrogen-bond donors (Lipinski definition) is 0. The van der Waals surface area contributed by atoms with E-state index >= 15 is 0 Å². The molecule has 0 saturated heterocycles. The topological polar surface area (TPSA) is 44.8 Å². The first-order valence-corrected chi connectivity index (χ1v) is 11.4. The minimum atomic E-state index is -0.167. The Bertz CT molecular complexity index is 307. The molecule has 0 aromatic heterocycles. The van der Waals surface area contributed by atoms with Gasteiger partial charge in [0.25, 0.3) is 0 Å². The summed E-state index contributed by atoms with van der Waals surface area (Å²) in [7, 11) is 3.22. The Morgan fingerprint density at radius 2 is 1.11 bits per heavy atom. The maximum Gasteiger partial charge on any atom is 0.305 e. The molecule has 0 spiro atoms. The third-order valence-electron chi connectivity index (χ3n) is 5.10. The lowest BCUT2D eigenvalue weighted by Gasteiger charge is -2.14. The van der Waals surface area contributed by atoms with E-state index in [9.17, 15) is 4.79 Å². The van der Waals surface area contributed by atoms with E-state index in [1.807, 2.05) is 0 Å². The van der Waals surface area contributed by atoms with Gasteiger partial charge >= 0.3 is 5.97 Å². The second-order valence-electron chi connectivity index (χ2n) is 7.70. The van der Waals surface area contributed by atoms with Gasteiger partial charge in [0.05, 0.1) is 6.61 Å². The summed E-state index contributed by atoms with van der Waals surface area (Å²) < 4.78 is 15.4. The van der Waals surface area contributed by atoms with E-state index in [0.29, 0.717) is 13.0 Å². The van der Waals surface area contributed by atoms with Crippen LogP contribution in [-0.2, 0) is 19.0 Å². The Balaban J connectivity index is 3.23. The summed E-state index contributed by atoms with van der Waals surface area (Å²) in [5, 5.41) is 0. The fourth-order valence-electron chi connectivity index (χ4n) is 3.27. The summed E-state index contributed by atoms with van der Waals surface area (Å²) in [5.74, 6) is -0.122. The zero-order chi connectivity index (χ0) is 20.0. The van der Waals surface area contributed by atoms with Crippen LogP contribution in [0, 0.1) is 0 Å². The molecule has 0 saturated carbocycles. The van der Waals surface area contributed by atoms with Crippen molar-refractivity contribution in [2.24, 2.45) is 0 Å². The van der Waals surface area contributed by atoms with Gasteiger partial charge < -0.3 is 14.2 Å². The van der Waals surface area contributed by atoms with Crippen molar-refractivity contribution in [1.82, 2.24) is 0 Å². The van der Waals surface area contributed by atoms with E-state index in [1.165, 1.54) is 83.5 Å². The van der Waals surface area contributed by atoms with E-state index in [-0.39, 0.29) is 18.7 Å². The molecule has 0 aromatic rings. The molecule has 0 N–H and O–H groups in total. The van der Waals surface area contributed by atoms with Crippen LogP contribution >= 0.6 is 0 Å². The highest BCUT2D eigenvalue weighted by Crippen LogP contribution is 2.13. The molecule has 0 aromatic carbocycles. The molecule has 0 fully saturated rings. The Hall–Kier alpha value is -0.610.